The number of nitrogens with one attached hydrogen (secondary N) is 1. The molecule has 2 rings (SSSR count). The zero-order chi connectivity index (χ0) is 20.0. The van der Waals surface area contributed by atoms with Gasteiger partial charge in [-0.25, -0.2) is 4.79 Å². The van der Waals surface area contributed by atoms with Crippen LogP contribution in [0.1, 0.15) is 17.3 Å². The molecule has 8 heteroatoms. The van der Waals surface area contributed by atoms with Gasteiger partial charge in [0.15, 0.2) is 17.6 Å². The normalized spacial score (nSPS) is 11.3. The highest BCUT2D eigenvalue weighted by molar-refractivity contribution is 6.32. The number of halogens is 1. The van der Waals surface area contributed by atoms with E-state index in [9.17, 15) is 9.59 Å². The number of benzene rings is 2. The van der Waals surface area contributed by atoms with Crippen LogP contribution in [0, 0.1) is 0 Å². The highest BCUT2D eigenvalue weighted by Crippen LogP contribution is 2.30. The standard InChI is InChI=1S/C19H20ClNO6/c1-11(18(22)21-13-6-8-15(24-2)14(20)10-13)27-16-7-5-12(19(23)26-4)9-17(16)25-3/h5-11H,1-4H3,(H,21,22)/t11-/m0/s1. The van der Waals surface area contributed by atoms with Gasteiger partial charge < -0.3 is 24.3 Å². The minimum Gasteiger partial charge on any atom is -0.495 e. The molecule has 2 aromatic rings. The van der Waals surface area contributed by atoms with Crippen molar-refractivity contribution < 1.29 is 28.5 Å². The Morgan fingerprint density at radius 2 is 1.63 bits per heavy atom. The van der Waals surface area contributed by atoms with Crippen LogP contribution in [0.5, 0.6) is 17.2 Å². The minimum atomic E-state index is -0.830. The van der Waals surface area contributed by atoms with Gasteiger partial charge in [0.05, 0.1) is 31.9 Å². The quantitative estimate of drug-likeness (QED) is 0.724. The van der Waals surface area contributed by atoms with Gasteiger partial charge in [0.2, 0.25) is 0 Å². The summed E-state index contributed by atoms with van der Waals surface area (Å²) in [7, 11) is 4.23. The molecule has 1 N–H and O–H groups in total. The molecule has 0 aromatic heterocycles. The summed E-state index contributed by atoms with van der Waals surface area (Å²) in [6.07, 6.45) is -0.830. The summed E-state index contributed by atoms with van der Waals surface area (Å²) < 4.78 is 20.6. The Morgan fingerprint density at radius 1 is 0.963 bits per heavy atom. The first kappa shape index (κ1) is 20.4. The second-order valence-electron chi connectivity index (χ2n) is 5.46. The fourth-order valence-electron chi connectivity index (χ4n) is 2.24. The predicted molar refractivity (Wildman–Crippen MR) is 101 cm³/mol. The fraction of sp³-hybridized carbons (Fsp3) is 0.263. The topological polar surface area (TPSA) is 83.1 Å². The fourth-order valence-corrected chi connectivity index (χ4v) is 2.50. The maximum Gasteiger partial charge on any atom is 0.337 e. The lowest BCUT2D eigenvalue weighted by Gasteiger charge is -2.17. The van der Waals surface area contributed by atoms with Crippen LogP contribution < -0.4 is 19.5 Å². The summed E-state index contributed by atoms with van der Waals surface area (Å²) in [6.45, 7) is 1.59. The van der Waals surface area contributed by atoms with Crippen LogP contribution in [-0.4, -0.2) is 39.3 Å². The Hall–Kier alpha value is -2.93. The Morgan fingerprint density at radius 3 is 2.22 bits per heavy atom. The summed E-state index contributed by atoms with van der Waals surface area (Å²) in [5.41, 5.74) is 0.820. The maximum atomic E-state index is 12.4. The summed E-state index contributed by atoms with van der Waals surface area (Å²) in [6, 6.07) is 9.45. The molecule has 0 spiro atoms. The van der Waals surface area contributed by atoms with E-state index >= 15 is 0 Å². The number of carbonyl (C=O) groups is 2. The lowest BCUT2D eigenvalue weighted by Crippen LogP contribution is -2.30. The van der Waals surface area contributed by atoms with Crippen molar-refractivity contribution in [2.24, 2.45) is 0 Å². The van der Waals surface area contributed by atoms with Crippen molar-refractivity contribution in [1.82, 2.24) is 0 Å². The van der Waals surface area contributed by atoms with Gasteiger partial charge in [-0.05, 0) is 43.3 Å². The third-order valence-corrected chi connectivity index (χ3v) is 3.97. The first-order valence-electron chi connectivity index (χ1n) is 7.97. The molecule has 0 saturated carbocycles. The molecule has 0 fully saturated rings. The van der Waals surface area contributed by atoms with Gasteiger partial charge in [-0.2, -0.15) is 0 Å². The van der Waals surface area contributed by atoms with E-state index in [1.807, 2.05) is 0 Å². The molecule has 0 aliphatic rings. The van der Waals surface area contributed by atoms with Crippen molar-refractivity contribution in [3.63, 3.8) is 0 Å². The van der Waals surface area contributed by atoms with Gasteiger partial charge in [0.25, 0.3) is 5.91 Å². The molecule has 0 radical (unpaired) electrons. The highest BCUT2D eigenvalue weighted by atomic mass is 35.5. The smallest absolute Gasteiger partial charge is 0.337 e. The van der Waals surface area contributed by atoms with Gasteiger partial charge in [-0.1, -0.05) is 11.6 Å². The van der Waals surface area contributed by atoms with Crippen LogP contribution in [0.15, 0.2) is 36.4 Å². The molecular formula is C19H20ClNO6. The van der Waals surface area contributed by atoms with Gasteiger partial charge in [-0.3, -0.25) is 4.79 Å². The van der Waals surface area contributed by atoms with Crippen molar-refractivity contribution >= 4 is 29.2 Å². The molecule has 1 atom stereocenters. The minimum absolute atomic E-state index is 0.310. The predicted octanol–water partition coefficient (Wildman–Crippen LogP) is 3.55. The number of amides is 1. The number of hydrogen-bond acceptors (Lipinski definition) is 6. The van der Waals surface area contributed by atoms with Gasteiger partial charge in [-0.15, -0.1) is 0 Å². The van der Waals surface area contributed by atoms with Gasteiger partial charge >= 0.3 is 5.97 Å². The molecular weight excluding hydrogens is 374 g/mol. The third-order valence-electron chi connectivity index (χ3n) is 3.68. The first-order chi connectivity index (χ1) is 12.9. The van der Waals surface area contributed by atoms with Crippen LogP contribution in [-0.2, 0) is 9.53 Å². The molecule has 27 heavy (non-hydrogen) atoms. The Balaban J connectivity index is 2.09. The zero-order valence-corrected chi connectivity index (χ0v) is 16.1. The molecule has 2 aromatic carbocycles. The van der Waals surface area contributed by atoms with Crippen molar-refractivity contribution in [3.05, 3.63) is 47.0 Å². The molecule has 1 amide bonds. The average Bonchev–Trinajstić information content (AvgIpc) is 2.67. The van der Waals surface area contributed by atoms with Gasteiger partial charge in [0, 0.05) is 5.69 Å². The summed E-state index contributed by atoms with van der Waals surface area (Å²) >= 11 is 6.05. The second-order valence-corrected chi connectivity index (χ2v) is 5.86. The van der Waals surface area contributed by atoms with Crippen LogP contribution in [0.4, 0.5) is 5.69 Å². The number of hydrogen-bond donors (Lipinski definition) is 1. The average molecular weight is 394 g/mol. The highest BCUT2D eigenvalue weighted by Gasteiger charge is 2.19. The lowest BCUT2D eigenvalue weighted by molar-refractivity contribution is -0.122. The zero-order valence-electron chi connectivity index (χ0n) is 15.4. The van der Waals surface area contributed by atoms with Crippen LogP contribution in [0.25, 0.3) is 0 Å². The largest absolute Gasteiger partial charge is 0.495 e. The Labute approximate surface area is 162 Å². The molecule has 144 valence electrons. The number of ether oxygens (including phenoxy) is 4. The van der Waals surface area contributed by atoms with Crippen LogP contribution in [0.2, 0.25) is 5.02 Å². The third kappa shape index (κ3) is 5.04. The van der Waals surface area contributed by atoms with E-state index in [-0.39, 0.29) is 5.91 Å². The SMILES string of the molecule is COC(=O)c1ccc(O[C@@H](C)C(=O)Nc2ccc(OC)c(Cl)c2)c(OC)c1. The molecule has 0 aliphatic carbocycles. The first-order valence-corrected chi connectivity index (χ1v) is 8.34. The Bertz CT molecular complexity index is 839. The van der Waals surface area contributed by atoms with Crippen molar-refractivity contribution in [3.8, 4) is 17.2 Å². The van der Waals surface area contributed by atoms with Crippen molar-refractivity contribution in [2.75, 3.05) is 26.6 Å². The molecule has 0 heterocycles. The van der Waals surface area contributed by atoms with E-state index in [0.717, 1.165) is 0 Å². The number of anilines is 1. The van der Waals surface area contributed by atoms with Crippen LogP contribution >= 0.6 is 11.6 Å². The lowest BCUT2D eigenvalue weighted by atomic mass is 10.2. The molecule has 7 nitrogen and oxygen atoms in total. The summed E-state index contributed by atoms with van der Waals surface area (Å²) in [4.78, 5) is 24.0. The molecule has 0 aliphatic heterocycles. The van der Waals surface area contributed by atoms with E-state index in [2.05, 4.69) is 10.1 Å². The van der Waals surface area contributed by atoms with E-state index in [4.69, 9.17) is 25.8 Å². The maximum absolute atomic E-state index is 12.4. The van der Waals surface area contributed by atoms with Crippen molar-refractivity contribution in [1.29, 1.82) is 0 Å². The van der Waals surface area contributed by atoms with E-state index in [0.29, 0.717) is 33.5 Å². The summed E-state index contributed by atoms with van der Waals surface area (Å²) in [5, 5.41) is 3.09. The van der Waals surface area contributed by atoms with E-state index < -0.39 is 12.1 Å². The number of esters is 1. The van der Waals surface area contributed by atoms with Gasteiger partial charge in [0.1, 0.15) is 5.75 Å². The van der Waals surface area contributed by atoms with Crippen LogP contribution in [0.3, 0.4) is 0 Å². The Kier molecular flexibility index (Phi) is 6.90. The molecule has 0 saturated heterocycles. The number of methoxy groups -OCH3 is 3. The summed E-state index contributed by atoms with van der Waals surface area (Å²) in [5.74, 6) is 0.261. The van der Waals surface area contributed by atoms with E-state index in [1.54, 1.807) is 31.2 Å². The number of carbonyl (C=O) groups excluding carboxylic acids is 2. The van der Waals surface area contributed by atoms with E-state index in [1.165, 1.54) is 33.5 Å². The second kappa shape index (κ2) is 9.14. The molecule has 0 bridgehead atoms. The molecule has 0 unspecified atom stereocenters. The monoisotopic (exact) mass is 393 g/mol. The van der Waals surface area contributed by atoms with Crippen molar-refractivity contribution in [2.45, 2.75) is 13.0 Å². The number of rotatable bonds is 7.